The number of aliphatic hydroxyl groups is 1. The van der Waals surface area contributed by atoms with Crippen molar-refractivity contribution in [2.24, 2.45) is 22.7 Å². The quantitative estimate of drug-likeness (QED) is 0.270. The van der Waals surface area contributed by atoms with Gasteiger partial charge in [0, 0.05) is 47.5 Å². The third-order valence-corrected chi connectivity index (χ3v) is 15.4. The molecule has 7 heterocycles. The average molecular weight is 792 g/mol. The van der Waals surface area contributed by atoms with Crippen molar-refractivity contribution >= 4 is 33.9 Å². The van der Waals surface area contributed by atoms with Crippen LogP contribution < -0.4 is 19.8 Å². The van der Waals surface area contributed by atoms with Crippen molar-refractivity contribution in [2.75, 3.05) is 71.2 Å². The summed E-state index contributed by atoms with van der Waals surface area (Å²) < 4.78 is 42.0. The topological polar surface area (TPSA) is 117 Å². The van der Waals surface area contributed by atoms with Crippen LogP contribution in [0.2, 0.25) is 0 Å². The van der Waals surface area contributed by atoms with Crippen molar-refractivity contribution in [3.8, 4) is 11.9 Å². The fraction of sp³-hybridized carbons (Fsp3) is 0.738. The number of aromatic nitrogens is 3. The highest BCUT2D eigenvalue weighted by Crippen LogP contribution is 2.56. The lowest BCUT2D eigenvalue weighted by Gasteiger charge is -2.53. The molecule has 0 amide bonds. The lowest BCUT2D eigenvalue weighted by atomic mass is 9.69. The minimum atomic E-state index is -1.16. The van der Waals surface area contributed by atoms with Gasteiger partial charge in [0.1, 0.15) is 28.0 Å². The molecule has 9 aliphatic rings. The summed E-state index contributed by atoms with van der Waals surface area (Å²) >= 11 is 7.12. The van der Waals surface area contributed by atoms with E-state index < -0.39 is 11.4 Å². The van der Waals surface area contributed by atoms with Crippen molar-refractivity contribution in [1.29, 1.82) is 0 Å². The lowest BCUT2D eigenvalue weighted by Crippen LogP contribution is -2.57. The van der Waals surface area contributed by atoms with Gasteiger partial charge in [0.05, 0.1) is 63.8 Å². The van der Waals surface area contributed by atoms with Gasteiger partial charge < -0.3 is 34.4 Å². The maximum absolute atomic E-state index is 17.8. The Morgan fingerprint density at radius 3 is 2.59 bits per heavy atom. The van der Waals surface area contributed by atoms with Crippen LogP contribution >= 0.6 is 11.6 Å². The van der Waals surface area contributed by atoms with Crippen LogP contribution in [0.25, 0.3) is 16.5 Å². The number of hydrogen-bond acceptors (Lipinski definition) is 12. The predicted molar refractivity (Wildman–Crippen MR) is 209 cm³/mol. The van der Waals surface area contributed by atoms with Crippen LogP contribution in [0.1, 0.15) is 83.2 Å². The highest BCUT2D eigenvalue weighted by molar-refractivity contribution is 6.23. The number of piperidine rings is 1. The molecule has 0 aromatic carbocycles. The molecule has 3 saturated carbocycles. The number of allylic oxidation sites excluding steroid dienone is 2. The van der Waals surface area contributed by atoms with E-state index in [0.29, 0.717) is 54.4 Å². The Balaban J connectivity index is 0.988. The van der Waals surface area contributed by atoms with Gasteiger partial charge in [-0.3, -0.25) is 4.90 Å². The van der Waals surface area contributed by atoms with E-state index in [0.717, 1.165) is 75.3 Å². The number of rotatable bonds is 8. The van der Waals surface area contributed by atoms with Gasteiger partial charge in [-0.25, -0.2) is 14.4 Å². The number of methoxy groups -OCH3 is 1. The molecule has 2 aromatic heterocycles. The number of fused-ring (bicyclic) bond motifs is 5. The van der Waals surface area contributed by atoms with E-state index in [1.807, 2.05) is 4.90 Å². The summed E-state index contributed by atoms with van der Waals surface area (Å²) in [5.41, 5.74) is 5.98. The van der Waals surface area contributed by atoms with E-state index in [2.05, 4.69) is 21.4 Å². The molecule has 11 rings (SSSR count). The molecule has 0 radical (unpaired) electrons. The zero-order chi connectivity index (χ0) is 38.0. The SMILES string of the molecule is COc1nc(C2=C3C(=CC(Cl)C2C2CC2)NN2CC32)c(F)c2nc(OCC34CCCC3N(C3CCC5(CC3)COC5)CCC4)nc(N3CCOC[C@@](C)(O)C3)c12. The third kappa shape index (κ3) is 5.95. The third-order valence-electron chi connectivity index (χ3n) is 15.0. The van der Waals surface area contributed by atoms with Gasteiger partial charge in [-0.2, -0.15) is 9.97 Å². The Labute approximate surface area is 333 Å². The van der Waals surface area contributed by atoms with Gasteiger partial charge in [-0.05, 0) is 95.2 Å². The summed E-state index contributed by atoms with van der Waals surface area (Å²) in [5.74, 6) is 0.451. The van der Waals surface area contributed by atoms with Gasteiger partial charge in [-0.1, -0.05) is 6.42 Å². The Hall–Kier alpha value is -2.81. The second-order valence-electron chi connectivity index (χ2n) is 18.9. The monoisotopic (exact) mass is 791 g/mol. The summed E-state index contributed by atoms with van der Waals surface area (Å²) in [5, 5.41) is 13.5. The maximum Gasteiger partial charge on any atom is 0.319 e. The molecule has 302 valence electrons. The van der Waals surface area contributed by atoms with E-state index in [1.54, 1.807) is 14.0 Å². The number of likely N-dealkylation sites (tertiary alicyclic amines) is 1. The molecular weight excluding hydrogens is 737 g/mol. The van der Waals surface area contributed by atoms with Gasteiger partial charge >= 0.3 is 6.01 Å². The highest BCUT2D eigenvalue weighted by Gasteiger charge is 2.54. The summed E-state index contributed by atoms with van der Waals surface area (Å²) in [6.07, 6.45) is 14.9. The molecule has 5 saturated heterocycles. The summed E-state index contributed by atoms with van der Waals surface area (Å²) in [6.45, 7) is 7.32. The lowest BCUT2D eigenvalue weighted by molar-refractivity contribution is -0.143. The normalized spacial score (nSPS) is 36.7. The number of nitrogens with zero attached hydrogens (tertiary/aromatic N) is 6. The van der Waals surface area contributed by atoms with Crippen molar-refractivity contribution < 1.29 is 28.4 Å². The van der Waals surface area contributed by atoms with E-state index >= 15 is 4.39 Å². The number of ether oxygens (including phenoxy) is 4. The Bertz CT molecular complexity index is 1980. The first-order valence-corrected chi connectivity index (χ1v) is 21.7. The average Bonchev–Trinajstić information content (AvgIpc) is 4.10. The van der Waals surface area contributed by atoms with E-state index in [9.17, 15) is 5.11 Å². The van der Waals surface area contributed by atoms with Crippen LogP contribution in [0.15, 0.2) is 17.3 Å². The fourth-order valence-corrected chi connectivity index (χ4v) is 12.4. The molecule has 56 heavy (non-hydrogen) atoms. The first-order chi connectivity index (χ1) is 27.1. The number of halogens is 2. The van der Waals surface area contributed by atoms with E-state index in [-0.39, 0.29) is 59.0 Å². The van der Waals surface area contributed by atoms with Crippen LogP contribution in [0, 0.1) is 28.5 Å². The van der Waals surface area contributed by atoms with Crippen molar-refractivity contribution in [3.05, 3.63) is 28.9 Å². The van der Waals surface area contributed by atoms with Crippen LogP contribution in [0.5, 0.6) is 11.9 Å². The fourth-order valence-electron chi connectivity index (χ4n) is 11.9. The first kappa shape index (κ1) is 36.3. The molecule has 0 bridgehead atoms. The number of hydrogen-bond donors (Lipinski definition) is 2. The van der Waals surface area contributed by atoms with Crippen molar-refractivity contribution in [2.45, 2.75) is 107 Å². The number of nitrogens with one attached hydrogen (secondary N) is 1. The molecule has 6 unspecified atom stereocenters. The smallest absolute Gasteiger partial charge is 0.319 e. The molecule has 12 nitrogen and oxygen atoms in total. The second-order valence-corrected chi connectivity index (χ2v) is 19.4. The van der Waals surface area contributed by atoms with Crippen LogP contribution in [0.3, 0.4) is 0 Å². The second kappa shape index (κ2) is 13.4. The summed E-state index contributed by atoms with van der Waals surface area (Å²) in [7, 11) is 1.56. The molecule has 4 aliphatic carbocycles. The maximum atomic E-state index is 17.8. The Morgan fingerprint density at radius 1 is 1.00 bits per heavy atom. The molecule has 8 fully saturated rings. The molecule has 5 aliphatic heterocycles. The number of anilines is 1. The van der Waals surface area contributed by atoms with Gasteiger partial charge in [0.15, 0.2) is 5.82 Å². The number of β-amino-alcohol motifs (C(OH)–C–C–N with tert-alkyl or cyclic N) is 1. The zero-order valence-corrected chi connectivity index (χ0v) is 33.5. The van der Waals surface area contributed by atoms with E-state index in [4.69, 9.17) is 45.5 Å². The van der Waals surface area contributed by atoms with Crippen molar-refractivity contribution in [1.82, 2.24) is 30.3 Å². The molecule has 2 N–H and O–H groups in total. The number of hydrazine groups is 1. The molecular formula is C42H55ClFN7O5. The van der Waals surface area contributed by atoms with Crippen LogP contribution in [-0.4, -0.2) is 125 Å². The largest absolute Gasteiger partial charge is 0.480 e. The number of pyridine rings is 1. The Kier molecular flexibility index (Phi) is 8.65. The van der Waals surface area contributed by atoms with Gasteiger partial charge in [0.2, 0.25) is 5.88 Å². The van der Waals surface area contributed by atoms with Crippen LogP contribution in [0.4, 0.5) is 10.2 Å². The summed E-state index contributed by atoms with van der Waals surface area (Å²) in [4.78, 5) is 19.8. The van der Waals surface area contributed by atoms with Gasteiger partial charge in [0.25, 0.3) is 0 Å². The Morgan fingerprint density at radius 2 is 1.82 bits per heavy atom. The van der Waals surface area contributed by atoms with Gasteiger partial charge in [-0.15, -0.1) is 11.6 Å². The minimum absolute atomic E-state index is 0.0129. The zero-order valence-electron chi connectivity index (χ0n) is 32.7. The van der Waals surface area contributed by atoms with Crippen LogP contribution in [-0.2, 0) is 9.47 Å². The number of alkyl halides is 1. The molecule has 14 heteroatoms. The predicted octanol–water partition coefficient (Wildman–Crippen LogP) is 5.22. The standard InChI is InChI=1S/C42H55ClFN7O5/c1-40(52)19-49(15-16-54-20-40)37-33-36(34(44)35(45-38(33)53-2)32-30(24-6-7-24)26(43)17-27-31(32)28-18-51(28)48-27)46-39(47-37)56-23-42-10-3-5-29(42)50(14-4-11-42)25-8-12-41(13-9-25)21-55-22-41/h17,24-26,28-30,48,52H,3-16,18-23H2,1-2H3/t26?,28?,29?,30?,40-,42?,51?/m0/s1. The van der Waals surface area contributed by atoms with Crippen molar-refractivity contribution in [3.63, 3.8) is 0 Å². The summed E-state index contributed by atoms with van der Waals surface area (Å²) in [6, 6.07) is 1.36. The molecule has 7 atom stereocenters. The molecule has 1 spiro atoms. The first-order valence-electron chi connectivity index (χ1n) is 21.3. The molecule has 2 aromatic rings. The highest BCUT2D eigenvalue weighted by atomic mass is 35.5. The minimum Gasteiger partial charge on any atom is -0.480 e. The van der Waals surface area contributed by atoms with E-state index in [1.165, 1.54) is 38.5 Å².